The number of carbonyl (C=O) groups is 1. The van der Waals surface area contributed by atoms with Crippen LogP contribution in [-0.2, 0) is 6.42 Å². The zero-order valence-electron chi connectivity index (χ0n) is 8.77. The largest absolute Gasteiger partial charge is 0.293 e. The normalized spacial score (nSPS) is 14.9. The van der Waals surface area contributed by atoms with Gasteiger partial charge in [-0.3, -0.25) is 4.79 Å². The highest BCUT2D eigenvalue weighted by Gasteiger charge is 2.22. The third-order valence-corrected chi connectivity index (χ3v) is 3.98. The number of carbonyl (C=O) groups excluding carboxylic acids is 1. The van der Waals surface area contributed by atoms with E-state index in [2.05, 4.69) is 4.98 Å². The molecule has 0 amide bonds. The molecule has 1 aliphatic carbocycles. The number of aromatic nitrogens is 1. The van der Waals surface area contributed by atoms with Crippen molar-refractivity contribution in [1.82, 2.24) is 4.98 Å². The maximum Gasteiger partial charge on any atom is 0.174 e. The Balaban J connectivity index is 2.08. The standard InChI is InChI=1S/C13H11NOS/c15-11-8-4-7-10-12(11)16-13(14-10)9-5-2-1-3-6-9/h1-3,5-6H,4,7-8H2. The van der Waals surface area contributed by atoms with E-state index in [-0.39, 0.29) is 5.78 Å². The Kier molecular flexibility index (Phi) is 2.33. The smallest absolute Gasteiger partial charge is 0.174 e. The van der Waals surface area contributed by atoms with Gasteiger partial charge in [-0.2, -0.15) is 0 Å². The molecule has 0 radical (unpaired) electrons. The van der Waals surface area contributed by atoms with Crippen molar-refractivity contribution in [3.05, 3.63) is 40.9 Å². The van der Waals surface area contributed by atoms with Crippen molar-refractivity contribution in [3.63, 3.8) is 0 Å². The summed E-state index contributed by atoms with van der Waals surface area (Å²) in [6, 6.07) is 10.1. The first-order valence-corrected chi connectivity index (χ1v) is 6.24. The Morgan fingerprint density at radius 3 is 2.69 bits per heavy atom. The molecule has 1 heterocycles. The number of aryl methyl sites for hydroxylation is 1. The highest BCUT2D eigenvalue weighted by atomic mass is 32.1. The molecule has 80 valence electrons. The number of rotatable bonds is 1. The van der Waals surface area contributed by atoms with Crippen molar-refractivity contribution >= 4 is 17.1 Å². The molecule has 0 saturated carbocycles. The fourth-order valence-corrected chi connectivity index (χ4v) is 3.06. The average Bonchev–Trinajstić information content (AvgIpc) is 2.76. The highest BCUT2D eigenvalue weighted by molar-refractivity contribution is 7.17. The molecule has 0 atom stereocenters. The molecule has 0 spiro atoms. The lowest BCUT2D eigenvalue weighted by atomic mass is 10.0. The van der Waals surface area contributed by atoms with Crippen LogP contribution in [-0.4, -0.2) is 10.8 Å². The summed E-state index contributed by atoms with van der Waals surface area (Å²) in [5.74, 6) is 0.265. The van der Waals surface area contributed by atoms with Crippen LogP contribution >= 0.6 is 11.3 Å². The number of Topliss-reactive ketones (excluding diaryl/α,β-unsaturated/α-hetero) is 1. The van der Waals surface area contributed by atoms with E-state index in [0.29, 0.717) is 6.42 Å². The maximum atomic E-state index is 11.7. The zero-order valence-corrected chi connectivity index (χ0v) is 9.59. The van der Waals surface area contributed by atoms with Crippen molar-refractivity contribution in [2.24, 2.45) is 0 Å². The van der Waals surface area contributed by atoms with Crippen LogP contribution in [0.2, 0.25) is 0 Å². The minimum absolute atomic E-state index is 0.265. The summed E-state index contributed by atoms with van der Waals surface area (Å²) < 4.78 is 0. The van der Waals surface area contributed by atoms with E-state index >= 15 is 0 Å². The number of nitrogens with zero attached hydrogens (tertiary/aromatic N) is 1. The molecule has 0 N–H and O–H groups in total. The summed E-state index contributed by atoms with van der Waals surface area (Å²) in [6.45, 7) is 0. The van der Waals surface area contributed by atoms with Crippen LogP contribution in [0.3, 0.4) is 0 Å². The zero-order chi connectivity index (χ0) is 11.0. The Morgan fingerprint density at radius 2 is 1.94 bits per heavy atom. The second-order valence-electron chi connectivity index (χ2n) is 3.94. The van der Waals surface area contributed by atoms with Gasteiger partial charge in [-0.25, -0.2) is 4.98 Å². The van der Waals surface area contributed by atoms with E-state index in [1.807, 2.05) is 30.3 Å². The summed E-state index contributed by atoms with van der Waals surface area (Å²) >= 11 is 1.54. The van der Waals surface area contributed by atoms with Gasteiger partial charge in [0, 0.05) is 12.0 Å². The predicted molar refractivity (Wildman–Crippen MR) is 64.8 cm³/mol. The van der Waals surface area contributed by atoms with Gasteiger partial charge in [0.25, 0.3) is 0 Å². The molecule has 0 saturated heterocycles. The van der Waals surface area contributed by atoms with Crippen LogP contribution in [0.15, 0.2) is 30.3 Å². The minimum Gasteiger partial charge on any atom is -0.293 e. The molecule has 1 aromatic heterocycles. The van der Waals surface area contributed by atoms with Gasteiger partial charge in [-0.05, 0) is 12.8 Å². The molecule has 3 rings (SSSR count). The fraction of sp³-hybridized carbons (Fsp3) is 0.231. The van der Waals surface area contributed by atoms with Gasteiger partial charge in [0.2, 0.25) is 0 Å². The van der Waals surface area contributed by atoms with Crippen LogP contribution < -0.4 is 0 Å². The first-order valence-electron chi connectivity index (χ1n) is 5.43. The van der Waals surface area contributed by atoms with E-state index in [0.717, 1.165) is 34.0 Å². The fourth-order valence-electron chi connectivity index (χ4n) is 1.97. The average molecular weight is 229 g/mol. The quantitative estimate of drug-likeness (QED) is 0.750. The molecular weight excluding hydrogens is 218 g/mol. The van der Waals surface area contributed by atoms with Crippen LogP contribution in [0.5, 0.6) is 0 Å². The molecule has 0 unspecified atom stereocenters. The summed E-state index contributed by atoms with van der Waals surface area (Å²) in [4.78, 5) is 17.1. The summed E-state index contributed by atoms with van der Waals surface area (Å²) in [7, 11) is 0. The lowest BCUT2D eigenvalue weighted by Gasteiger charge is -2.06. The molecule has 0 fully saturated rings. The van der Waals surface area contributed by atoms with Crippen LogP contribution in [0, 0.1) is 0 Å². The number of fused-ring (bicyclic) bond motifs is 1. The van der Waals surface area contributed by atoms with Gasteiger partial charge in [-0.15, -0.1) is 11.3 Å². The molecule has 2 aromatic rings. The van der Waals surface area contributed by atoms with E-state index in [4.69, 9.17) is 0 Å². The van der Waals surface area contributed by atoms with Crippen molar-refractivity contribution in [2.75, 3.05) is 0 Å². The van der Waals surface area contributed by atoms with Crippen LogP contribution in [0.4, 0.5) is 0 Å². The van der Waals surface area contributed by atoms with E-state index in [1.54, 1.807) is 0 Å². The molecule has 1 aromatic carbocycles. The lowest BCUT2D eigenvalue weighted by Crippen LogP contribution is -2.07. The van der Waals surface area contributed by atoms with Crippen molar-refractivity contribution in [1.29, 1.82) is 0 Å². The Bertz CT molecular complexity index is 530. The number of thiazole rings is 1. The molecule has 3 heteroatoms. The Hall–Kier alpha value is -1.48. The summed E-state index contributed by atoms with van der Waals surface area (Å²) in [6.07, 6.45) is 2.58. The number of hydrogen-bond donors (Lipinski definition) is 0. The molecule has 2 nitrogen and oxygen atoms in total. The van der Waals surface area contributed by atoms with Gasteiger partial charge >= 0.3 is 0 Å². The minimum atomic E-state index is 0.265. The number of hydrogen-bond acceptors (Lipinski definition) is 3. The maximum absolute atomic E-state index is 11.7. The van der Waals surface area contributed by atoms with Gasteiger partial charge in [0.15, 0.2) is 5.78 Å². The monoisotopic (exact) mass is 229 g/mol. The summed E-state index contributed by atoms with van der Waals surface area (Å²) in [5, 5.41) is 0.973. The van der Waals surface area contributed by atoms with Crippen molar-refractivity contribution in [2.45, 2.75) is 19.3 Å². The summed E-state index contributed by atoms with van der Waals surface area (Å²) in [5.41, 5.74) is 2.11. The van der Waals surface area contributed by atoms with E-state index in [1.165, 1.54) is 11.3 Å². The van der Waals surface area contributed by atoms with Gasteiger partial charge in [0.1, 0.15) is 5.01 Å². The van der Waals surface area contributed by atoms with Crippen LogP contribution in [0.25, 0.3) is 10.6 Å². The lowest BCUT2D eigenvalue weighted by molar-refractivity contribution is 0.0976. The SMILES string of the molecule is O=C1CCCc2nc(-c3ccccc3)sc21. The third-order valence-electron chi connectivity index (χ3n) is 2.79. The predicted octanol–water partition coefficient (Wildman–Crippen LogP) is 3.33. The Morgan fingerprint density at radius 1 is 1.12 bits per heavy atom. The second kappa shape index (κ2) is 3.83. The van der Waals surface area contributed by atoms with Gasteiger partial charge in [-0.1, -0.05) is 30.3 Å². The van der Waals surface area contributed by atoms with E-state index < -0.39 is 0 Å². The molecular formula is C13H11NOS. The Labute approximate surface area is 98.0 Å². The van der Waals surface area contributed by atoms with Gasteiger partial charge in [0.05, 0.1) is 10.6 Å². The van der Waals surface area contributed by atoms with Crippen molar-refractivity contribution < 1.29 is 4.79 Å². The second-order valence-corrected chi connectivity index (χ2v) is 4.94. The molecule has 0 bridgehead atoms. The third kappa shape index (κ3) is 1.57. The molecule has 16 heavy (non-hydrogen) atoms. The van der Waals surface area contributed by atoms with Gasteiger partial charge < -0.3 is 0 Å². The first-order chi connectivity index (χ1) is 7.84. The number of ketones is 1. The first kappa shape index (κ1) is 9.73. The topological polar surface area (TPSA) is 30.0 Å². The number of benzene rings is 1. The molecule has 1 aliphatic rings. The van der Waals surface area contributed by atoms with Crippen LogP contribution in [0.1, 0.15) is 28.2 Å². The molecule has 0 aliphatic heterocycles. The van der Waals surface area contributed by atoms with Crippen molar-refractivity contribution in [3.8, 4) is 10.6 Å². The highest BCUT2D eigenvalue weighted by Crippen LogP contribution is 2.32. The van der Waals surface area contributed by atoms with E-state index in [9.17, 15) is 4.79 Å².